The first-order valence-corrected chi connectivity index (χ1v) is 3.55. The molecule has 0 atom stereocenters. The number of ketones is 1. The normalized spacial score (nSPS) is 11.8. The predicted octanol–water partition coefficient (Wildman–Crippen LogP) is 1.25. The van der Waals surface area contributed by atoms with Crippen LogP contribution in [-0.4, -0.2) is 18.9 Å². The van der Waals surface area contributed by atoms with Crippen molar-refractivity contribution in [1.82, 2.24) is 0 Å². The number of rotatable bonds is 3. The molecule has 0 radical (unpaired) electrons. The summed E-state index contributed by atoms with van der Waals surface area (Å²) in [5, 5.41) is 0. The number of methoxy groups -OCH3 is 1. The summed E-state index contributed by atoms with van der Waals surface area (Å²) in [5.74, 6) is -0.888. The summed E-state index contributed by atoms with van der Waals surface area (Å²) in [6.45, 7) is 3.12. The SMILES string of the molecule is CC=CC=C(C(C)=O)C(=O)OC. The molecule has 0 aromatic heterocycles. The zero-order valence-electron chi connectivity index (χ0n) is 7.46. The van der Waals surface area contributed by atoms with Crippen molar-refractivity contribution in [3.63, 3.8) is 0 Å². The summed E-state index contributed by atoms with van der Waals surface area (Å²) < 4.78 is 4.41. The maximum atomic E-state index is 10.9. The van der Waals surface area contributed by atoms with Crippen molar-refractivity contribution in [1.29, 1.82) is 0 Å². The Labute approximate surface area is 71.7 Å². The minimum Gasteiger partial charge on any atom is -0.465 e. The molecule has 0 amide bonds. The van der Waals surface area contributed by atoms with Gasteiger partial charge in [0.1, 0.15) is 5.57 Å². The number of carbonyl (C=O) groups is 2. The van der Waals surface area contributed by atoms with Gasteiger partial charge in [0.25, 0.3) is 0 Å². The largest absolute Gasteiger partial charge is 0.465 e. The molecule has 0 heterocycles. The van der Waals surface area contributed by atoms with Gasteiger partial charge in [-0.3, -0.25) is 4.79 Å². The summed E-state index contributed by atoms with van der Waals surface area (Å²) in [4.78, 5) is 21.8. The molecule has 0 aromatic carbocycles. The van der Waals surface area contributed by atoms with E-state index >= 15 is 0 Å². The molecule has 0 aliphatic heterocycles. The van der Waals surface area contributed by atoms with Crippen LogP contribution < -0.4 is 0 Å². The number of hydrogen-bond acceptors (Lipinski definition) is 3. The molecular formula is C9H12O3. The summed E-state index contributed by atoms with van der Waals surface area (Å²) in [6, 6.07) is 0. The molecule has 0 aromatic rings. The van der Waals surface area contributed by atoms with Crippen LogP contribution in [0, 0.1) is 0 Å². The molecule has 0 N–H and O–H groups in total. The summed E-state index contributed by atoms with van der Waals surface area (Å²) >= 11 is 0. The number of Topliss-reactive ketones (excluding diaryl/α,β-unsaturated/α-hetero) is 1. The molecule has 3 heteroatoms. The van der Waals surface area contributed by atoms with Gasteiger partial charge in [0.15, 0.2) is 5.78 Å². The first-order chi connectivity index (χ1) is 5.63. The Bertz CT molecular complexity index is 236. The van der Waals surface area contributed by atoms with E-state index in [0.717, 1.165) is 0 Å². The molecule has 0 rings (SSSR count). The Morgan fingerprint density at radius 2 is 1.92 bits per heavy atom. The summed E-state index contributed by atoms with van der Waals surface area (Å²) in [7, 11) is 1.24. The lowest BCUT2D eigenvalue weighted by Gasteiger charge is -1.98. The fraction of sp³-hybridized carbons (Fsp3) is 0.333. The number of esters is 1. The van der Waals surface area contributed by atoms with E-state index in [2.05, 4.69) is 4.74 Å². The second-order valence-electron chi connectivity index (χ2n) is 2.15. The molecular weight excluding hydrogens is 156 g/mol. The molecule has 66 valence electrons. The molecule has 0 saturated carbocycles. The van der Waals surface area contributed by atoms with Gasteiger partial charge >= 0.3 is 5.97 Å². The van der Waals surface area contributed by atoms with Crippen molar-refractivity contribution in [2.75, 3.05) is 7.11 Å². The predicted molar refractivity (Wildman–Crippen MR) is 45.6 cm³/mol. The Morgan fingerprint density at radius 1 is 1.33 bits per heavy atom. The van der Waals surface area contributed by atoms with E-state index < -0.39 is 5.97 Å². The maximum Gasteiger partial charge on any atom is 0.341 e. The molecule has 0 spiro atoms. The fourth-order valence-corrected chi connectivity index (χ4v) is 0.632. The Kier molecular flexibility index (Phi) is 4.69. The fourth-order valence-electron chi connectivity index (χ4n) is 0.632. The monoisotopic (exact) mass is 168 g/mol. The first-order valence-electron chi connectivity index (χ1n) is 3.55. The number of ether oxygens (including phenoxy) is 1. The molecule has 0 bridgehead atoms. The van der Waals surface area contributed by atoms with Gasteiger partial charge in [0.2, 0.25) is 0 Å². The van der Waals surface area contributed by atoms with Gasteiger partial charge in [-0.25, -0.2) is 4.79 Å². The summed E-state index contributed by atoms with van der Waals surface area (Å²) in [5.41, 5.74) is 0.0654. The lowest BCUT2D eigenvalue weighted by atomic mass is 10.2. The average Bonchev–Trinajstić information content (AvgIpc) is 2.04. The van der Waals surface area contributed by atoms with Crippen molar-refractivity contribution in [3.05, 3.63) is 23.8 Å². The lowest BCUT2D eigenvalue weighted by Crippen LogP contribution is -2.11. The van der Waals surface area contributed by atoms with Crippen molar-refractivity contribution >= 4 is 11.8 Å². The van der Waals surface area contributed by atoms with Gasteiger partial charge in [0, 0.05) is 0 Å². The second-order valence-corrected chi connectivity index (χ2v) is 2.15. The van der Waals surface area contributed by atoms with Crippen LogP contribution in [0.1, 0.15) is 13.8 Å². The highest BCUT2D eigenvalue weighted by Crippen LogP contribution is 1.99. The second kappa shape index (κ2) is 5.29. The number of hydrogen-bond donors (Lipinski definition) is 0. The van der Waals surface area contributed by atoms with Crippen molar-refractivity contribution in [3.8, 4) is 0 Å². The van der Waals surface area contributed by atoms with E-state index in [1.165, 1.54) is 20.1 Å². The number of allylic oxidation sites excluding steroid dienone is 3. The molecule has 0 unspecified atom stereocenters. The van der Waals surface area contributed by atoms with Crippen molar-refractivity contribution in [2.45, 2.75) is 13.8 Å². The Hall–Kier alpha value is -1.38. The van der Waals surface area contributed by atoms with Gasteiger partial charge in [-0.15, -0.1) is 0 Å². The van der Waals surface area contributed by atoms with Gasteiger partial charge in [-0.2, -0.15) is 0 Å². The molecule has 0 fully saturated rings. The minimum atomic E-state index is -0.597. The highest BCUT2D eigenvalue weighted by molar-refractivity contribution is 6.16. The Balaban J connectivity index is 4.66. The van der Waals surface area contributed by atoms with E-state index in [0.29, 0.717) is 0 Å². The molecule has 0 saturated heterocycles. The summed E-state index contributed by atoms with van der Waals surface area (Å²) in [6.07, 6.45) is 4.79. The highest BCUT2D eigenvalue weighted by Gasteiger charge is 2.12. The van der Waals surface area contributed by atoms with Crippen LogP contribution >= 0.6 is 0 Å². The molecule has 0 aliphatic carbocycles. The third-order valence-corrected chi connectivity index (χ3v) is 1.24. The van der Waals surface area contributed by atoms with Gasteiger partial charge in [-0.05, 0) is 19.9 Å². The van der Waals surface area contributed by atoms with E-state index in [1.807, 2.05) is 0 Å². The minimum absolute atomic E-state index is 0.0654. The van der Waals surface area contributed by atoms with Crippen LogP contribution in [0.5, 0.6) is 0 Å². The lowest BCUT2D eigenvalue weighted by molar-refractivity contribution is -0.137. The zero-order valence-corrected chi connectivity index (χ0v) is 7.46. The number of carbonyl (C=O) groups excluding carboxylic acids is 2. The van der Waals surface area contributed by atoms with E-state index in [9.17, 15) is 9.59 Å². The third-order valence-electron chi connectivity index (χ3n) is 1.24. The first kappa shape index (κ1) is 10.6. The van der Waals surface area contributed by atoms with Crippen LogP contribution in [0.3, 0.4) is 0 Å². The smallest absolute Gasteiger partial charge is 0.341 e. The standard InChI is InChI=1S/C9H12O3/c1-4-5-6-8(7(2)10)9(11)12-3/h4-6H,1-3H3. The molecule has 0 aliphatic rings. The van der Waals surface area contributed by atoms with E-state index in [4.69, 9.17) is 0 Å². The molecule has 3 nitrogen and oxygen atoms in total. The highest BCUT2D eigenvalue weighted by atomic mass is 16.5. The van der Waals surface area contributed by atoms with Gasteiger partial charge in [-0.1, -0.05) is 12.2 Å². The van der Waals surface area contributed by atoms with Gasteiger partial charge in [0.05, 0.1) is 7.11 Å². The van der Waals surface area contributed by atoms with Crippen molar-refractivity contribution in [2.24, 2.45) is 0 Å². The molecule has 12 heavy (non-hydrogen) atoms. The van der Waals surface area contributed by atoms with E-state index in [1.54, 1.807) is 19.1 Å². The van der Waals surface area contributed by atoms with Crippen LogP contribution in [0.4, 0.5) is 0 Å². The van der Waals surface area contributed by atoms with Crippen LogP contribution in [0.15, 0.2) is 23.8 Å². The van der Waals surface area contributed by atoms with Crippen LogP contribution in [-0.2, 0) is 14.3 Å². The van der Waals surface area contributed by atoms with Crippen molar-refractivity contribution < 1.29 is 14.3 Å². The maximum absolute atomic E-state index is 10.9. The van der Waals surface area contributed by atoms with Crippen LogP contribution in [0.2, 0.25) is 0 Å². The quantitative estimate of drug-likeness (QED) is 0.209. The van der Waals surface area contributed by atoms with Gasteiger partial charge < -0.3 is 4.74 Å². The third kappa shape index (κ3) is 3.14. The van der Waals surface area contributed by atoms with Crippen LogP contribution in [0.25, 0.3) is 0 Å². The zero-order chi connectivity index (χ0) is 9.56. The topological polar surface area (TPSA) is 43.4 Å². The average molecular weight is 168 g/mol. The Morgan fingerprint density at radius 3 is 2.25 bits per heavy atom. The van der Waals surface area contributed by atoms with E-state index in [-0.39, 0.29) is 11.4 Å².